The molecule has 2 aromatic heterocycles. The van der Waals surface area contributed by atoms with Gasteiger partial charge in [0.2, 0.25) is 0 Å². The second kappa shape index (κ2) is 10.7. The molecular formula is C29H36N6O. The first-order valence-electron chi connectivity index (χ1n) is 13.2. The molecule has 1 N–H and O–H groups in total. The van der Waals surface area contributed by atoms with Crippen molar-refractivity contribution in [3.8, 4) is 0 Å². The lowest BCUT2D eigenvalue weighted by Gasteiger charge is -2.35. The first-order valence-corrected chi connectivity index (χ1v) is 13.2. The molecule has 0 saturated heterocycles. The third-order valence-corrected chi connectivity index (χ3v) is 7.62. The van der Waals surface area contributed by atoms with Crippen molar-refractivity contribution in [2.24, 2.45) is 0 Å². The zero-order chi connectivity index (χ0) is 25.1. The highest BCUT2D eigenvalue weighted by molar-refractivity contribution is 5.82. The number of rotatable bonds is 9. The van der Waals surface area contributed by atoms with Crippen molar-refractivity contribution in [2.45, 2.75) is 84.5 Å². The Balaban J connectivity index is 1.47. The maximum absolute atomic E-state index is 13.2. The van der Waals surface area contributed by atoms with Crippen molar-refractivity contribution < 1.29 is 0 Å². The van der Waals surface area contributed by atoms with Gasteiger partial charge in [-0.3, -0.25) is 9.69 Å². The molecule has 0 unspecified atom stereocenters. The van der Waals surface area contributed by atoms with E-state index in [1.807, 2.05) is 10.7 Å². The van der Waals surface area contributed by atoms with Gasteiger partial charge in [-0.2, -0.15) is 0 Å². The quantitative estimate of drug-likeness (QED) is 0.350. The number of hydrogen-bond donors (Lipinski definition) is 1. The third kappa shape index (κ3) is 5.12. The van der Waals surface area contributed by atoms with Gasteiger partial charge in [-0.1, -0.05) is 61.7 Å². The number of aryl methyl sites for hydroxylation is 4. The van der Waals surface area contributed by atoms with Gasteiger partial charge in [-0.05, 0) is 78.6 Å². The summed E-state index contributed by atoms with van der Waals surface area (Å²) in [4.78, 5) is 18.9. The molecule has 188 valence electrons. The molecular weight excluding hydrogens is 448 g/mol. The summed E-state index contributed by atoms with van der Waals surface area (Å²) in [5.74, 6) is 0.893. The van der Waals surface area contributed by atoms with Crippen LogP contribution >= 0.6 is 0 Å². The van der Waals surface area contributed by atoms with Gasteiger partial charge < -0.3 is 4.98 Å². The summed E-state index contributed by atoms with van der Waals surface area (Å²) < 4.78 is 1.96. The Kier molecular flexibility index (Phi) is 7.28. The van der Waals surface area contributed by atoms with Crippen LogP contribution in [-0.4, -0.2) is 36.1 Å². The van der Waals surface area contributed by atoms with E-state index in [0.29, 0.717) is 12.6 Å². The van der Waals surface area contributed by atoms with Crippen molar-refractivity contribution in [1.82, 2.24) is 30.1 Å². The molecule has 0 aliphatic heterocycles. The summed E-state index contributed by atoms with van der Waals surface area (Å²) in [5, 5.41) is 14.0. The highest BCUT2D eigenvalue weighted by atomic mass is 16.1. The predicted octanol–water partition coefficient (Wildman–Crippen LogP) is 5.27. The highest BCUT2D eigenvalue weighted by Crippen LogP contribution is 2.33. The number of fused-ring (bicyclic) bond motifs is 1. The van der Waals surface area contributed by atoms with Crippen LogP contribution < -0.4 is 5.56 Å². The normalized spacial score (nSPS) is 15.2. The van der Waals surface area contributed by atoms with E-state index in [4.69, 9.17) is 0 Å². The molecule has 0 spiro atoms. The number of nitrogens with zero attached hydrogens (tertiary/aromatic N) is 5. The molecule has 1 atom stereocenters. The number of tetrazole rings is 1. The lowest BCUT2D eigenvalue weighted by molar-refractivity contribution is 0.112. The van der Waals surface area contributed by atoms with Crippen LogP contribution in [0.25, 0.3) is 10.9 Å². The second-order valence-corrected chi connectivity index (χ2v) is 10.2. The van der Waals surface area contributed by atoms with Crippen LogP contribution in [0.3, 0.4) is 0 Å². The maximum Gasteiger partial charge on any atom is 0.252 e. The average molecular weight is 485 g/mol. The van der Waals surface area contributed by atoms with Gasteiger partial charge in [0, 0.05) is 24.7 Å². The molecule has 2 heterocycles. The summed E-state index contributed by atoms with van der Waals surface area (Å²) in [6, 6.07) is 17.3. The minimum Gasteiger partial charge on any atom is -0.321 e. The van der Waals surface area contributed by atoms with Crippen LogP contribution in [0.4, 0.5) is 0 Å². The fourth-order valence-corrected chi connectivity index (χ4v) is 5.83. The van der Waals surface area contributed by atoms with Gasteiger partial charge in [0.25, 0.3) is 5.56 Å². The number of aromatic nitrogens is 5. The summed E-state index contributed by atoms with van der Waals surface area (Å²) >= 11 is 0. The van der Waals surface area contributed by atoms with Crippen molar-refractivity contribution in [3.63, 3.8) is 0 Å². The van der Waals surface area contributed by atoms with Crippen LogP contribution in [-0.2, 0) is 19.5 Å². The topological polar surface area (TPSA) is 79.7 Å². The summed E-state index contributed by atoms with van der Waals surface area (Å²) in [6.07, 6.45) is 6.50. The molecule has 7 nitrogen and oxygen atoms in total. The largest absolute Gasteiger partial charge is 0.321 e. The fraction of sp³-hybridized carbons (Fsp3) is 0.448. The summed E-state index contributed by atoms with van der Waals surface area (Å²) in [5.41, 5.74) is 5.31. The smallest absolute Gasteiger partial charge is 0.252 e. The van der Waals surface area contributed by atoms with Gasteiger partial charge in [-0.15, -0.1) is 5.10 Å². The number of pyridine rings is 1. The molecule has 0 radical (unpaired) electrons. The lowest BCUT2D eigenvalue weighted by atomic mass is 10.0. The number of H-pyrrole nitrogens is 1. The molecule has 36 heavy (non-hydrogen) atoms. The standard InChI is InChI=1S/C29H36N6O/c1-4-26(28-31-32-33-35(28)15-14-22-10-6-5-7-11-22)34(25-12-8-9-13-25)19-24-18-23-17-20(2)16-21(3)27(23)30-29(24)36/h5-7,10-11,16-18,25-26H,4,8-9,12-15,19H2,1-3H3,(H,30,36)/t26-/m1/s1. The molecule has 5 rings (SSSR count). The van der Waals surface area contributed by atoms with E-state index < -0.39 is 0 Å². The van der Waals surface area contributed by atoms with Gasteiger partial charge >= 0.3 is 0 Å². The first kappa shape index (κ1) is 24.4. The number of benzene rings is 2. The summed E-state index contributed by atoms with van der Waals surface area (Å²) in [6.45, 7) is 7.67. The van der Waals surface area contributed by atoms with Crippen molar-refractivity contribution in [3.05, 3.63) is 87.0 Å². The molecule has 2 aromatic carbocycles. The Hall–Kier alpha value is -3.32. The van der Waals surface area contributed by atoms with Crippen LogP contribution in [0, 0.1) is 13.8 Å². The fourth-order valence-electron chi connectivity index (χ4n) is 5.83. The SMILES string of the molecule is CC[C@H](c1nnnn1CCc1ccccc1)N(Cc1cc2cc(C)cc(C)c2[nH]c1=O)C1CCCC1. The zero-order valence-electron chi connectivity index (χ0n) is 21.6. The van der Waals surface area contributed by atoms with Crippen molar-refractivity contribution in [2.75, 3.05) is 0 Å². The molecule has 1 aliphatic rings. The average Bonchev–Trinajstić information content (AvgIpc) is 3.57. The van der Waals surface area contributed by atoms with E-state index in [1.54, 1.807) is 0 Å². The van der Waals surface area contributed by atoms with E-state index in [9.17, 15) is 4.79 Å². The number of aromatic amines is 1. The second-order valence-electron chi connectivity index (χ2n) is 10.2. The van der Waals surface area contributed by atoms with Crippen LogP contribution in [0.2, 0.25) is 0 Å². The highest BCUT2D eigenvalue weighted by Gasteiger charge is 2.32. The van der Waals surface area contributed by atoms with Gasteiger partial charge in [-0.25, -0.2) is 4.68 Å². The van der Waals surface area contributed by atoms with E-state index in [1.165, 1.54) is 24.0 Å². The molecule has 1 saturated carbocycles. The van der Waals surface area contributed by atoms with Crippen LogP contribution in [0.1, 0.15) is 73.1 Å². The van der Waals surface area contributed by atoms with Crippen molar-refractivity contribution in [1.29, 1.82) is 0 Å². The molecule has 4 aromatic rings. The molecule has 7 heteroatoms. The maximum atomic E-state index is 13.2. The minimum absolute atomic E-state index is 0.00373. The monoisotopic (exact) mass is 484 g/mol. The minimum atomic E-state index is -0.00373. The molecule has 1 aliphatic carbocycles. The number of hydrogen-bond acceptors (Lipinski definition) is 5. The molecule has 1 fully saturated rings. The Morgan fingerprint density at radius 3 is 2.64 bits per heavy atom. The van der Waals surface area contributed by atoms with Gasteiger partial charge in [0.05, 0.1) is 11.6 Å². The van der Waals surface area contributed by atoms with E-state index in [-0.39, 0.29) is 11.6 Å². The van der Waals surface area contributed by atoms with E-state index in [0.717, 1.165) is 60.1 Å². The Morgan fingerprint density at radius 2 is 1.89 bits per heavy atom. The third-order valence-electron chi connectivity index (χ3n) is 7.62. The van der Waals surface area contributed by atoms with E-state index >= 15 is 0 Å². The molecule has 0 bridgehead atoms. The Morgan fingerprint density at radius 1 is 1.11 bits per heavy atom. The van der Waals surface area contributed by atoms with Crippen LogP contribution in [0.5, 0.6) is 0 Å². The molecule has 0 amide bonds. The summed E-state index contributed by atoms with van der Waals surface area (Å²) in [7, 11) is 0. The predicted molar refractivity (Wildman–Crippen MR) is 143 cm³/mol. The van der Waals surface area contributed by atoms with Gasteiger partial charge in [0.1, 0.15) is 0 Å². The zero-order valence-corrected chi connectivity index (χ0v) is 21.6. The first-order chi connectivity index (χ1) is 17.5. The Labute approximate surface area is 212 Å². The Bertz CT molecular complexity index is 1370. The van der Waals surface area contributed by atoms with Gasteiger partial charge in [0.15, 0.2) is 5.82 Å². The lowest BCUT2D eigenvalue weighted by Crippen LogP contribution is -2.39. The van der Waals surface area contributed by atoms with Crippen molar-refractivity contribution >= 4 is 10.9 Å². The van der Waals surface area contributed by atoms with E-state index in [2.05, 4.69) is 88.6 Å². The number of nitrogens with one attached hydrogen (secondary N) is 1. The van der Waals surface area contributed by atoms with Crippen LogP contribution in [0.15, 0.2) is 53.3 Å².